The minimum atomic E-state index is -0.549. The van der Waals surface area contributed by atoms with E-state index in [1.54, 1.807) is 12.1 Å². The van der Waals surface area contributed by atoms with Gasteiger partial charge >= 0.3 is 11.8 Å². The molecule has 23 heavy (non-hydrogen) atoms. The topological polar surface area (TPSA) is 60.9 Å². The van der Waals surface area contributed by atoms with Gasteiger partial charge in [-0.15, -0.1) is 0 Å². The van der Waals surface area contributed by atoms with Crippen molar-refractivity contribution in [1.29, 1.82) is 0 Å². The largest absolute Gasteiger partial charge is 0.391 e. The summed E-state index contributed by atoms with van der Waals surface area (Å²) < 4.78 is 0. The number of hydrogen-bond donors (Lipinski definition) is 1. The molecule has 0 radical (unpaired) electrons. The fraction of sp³-hybridized carbons (Fsp3) is 0.529. The normalized spacial score (nSPS) is 22.9. The number of piperidine rings is 1. The van der Waals surface area contributed by atoms with Crippen molar-refractivity contribution in [1.82, 2.24) is 4.90 Å². The van der Waals surface area contributed by atoms with Gasteiger partial charge in [0, 0.05) is 41.3 Å². The molecule has 1 N–H and O–H groups in total. The van der Waals surface area contributed by atoms with Crippen molar-refractivity contribution in [2.24, 2.45) is 0 Å². The Bertz CT molecular complexity index is 659. The summed E-state index contributed by atoms with van der Waals surface area (Å²) in [5, 5.41) is 10.3. The lowest BCUT2D eigenvalue weighted by Gasteiger charge is -2.31. The Morgan fingerprint density at radius 3 is 2.74 bits per heavy atom. The molecular formula is C17H21ClN2O3. The lowest BCUT2D eigenvalue weighted by atomic mass is 9.87. The summed E-state index contributed by atoms with van der Waals surface area (Å²) in [7, 11) is 0. The van der Waals surface area contributed by atoms with Gasteiger partial charge in [0.15, 0.2) is 0 Å². The van der Waals surface area contributed by atoms with E-state index < -0.39 is 17.9 Å². The van der Waals surface area contributed by atoms with Crippen LogP contribution in [0.4, 0.5) is 5.69 Å². The number of halogens is 1. The van der Waals surface area contributed by atoms with Gasteiger partial charge in [-0.25, -0.2) is 0 Å². The molecule has 2 amide bonds. The minimum absolute atomic E-state index is 0.226. The number of anilines is 1. The van der Waals surface area contributed by atoms with Crippen molar-refractivity contribution in [3.05, 3.63) is 28.8 Å². The maximum atomic E-state index is 12.7. The molecule has 1 saturated heterocycles. The second-order valence-corrected chi connectivity index (χ2v) is 7.36. The number of likely N-dealkylation sites (tertiary alicyclic amines) is 1. The first kappa shape index (κ1) is 16.3. The highest BCUT2D eigenvalue weighted by Gasteiger charge is 2.42. The molecule has 0 spiro atoms. The van der Waals surface area contributed by atoms with Crippen molar-refractivity contribution < 1.29 is 14.7 Å². The molecule has 5 nitrogen and oxygen atoms in total. The molecule has 2 heterocycles. The molecule has 1 fully saturated rings. The highest BCUT2D eigenvalue weighted by Crippen LogP contribution is 2.44. The molecule has 6 heteroatoms. The van der Waals surface area contributed by atoms with E-state index in [1.165, 1.54) is 9.80 Å². The molecule has 2 aliphatic rings. The molecular weight excluding hydrogens is 316 g/mol. The van der Waals surface area contributed by atoms with E-state index >= 15 is 0 Å². The molecule has 3 rings (SSSR count). The van der Waals surface area contributed by atoms with Gasteiger partial charge in [-0.05, 0) is 25.0 Å². The first-order chi connectivity index (χ1) is 10.8. The second kappa shape index (κ2) is 5.80. The van der Waals surface area contributed by atoms with Gasteiger partial charge in [0.2, 0.25) is 0 Å². The zero-order valence-corrected chi connectivity index (χ0v) is 14.1. The predicted octanol–water partition coefficient (Wildman–Crippen LogP) is 1.95. The molecule has 0 saturated carbocycles. The third-order valence-corrected chi connectivity index (χ3v) is 4.94. The van der Waals surface area contributed by atoms with Crippen LogP contribution in [0.1, 0.15) is 32.3 Å². The Balaban J connectivity index is 1.87. The van der Waals surface area contributed by atoms with Crippen molar-refractivity contribution in [2.75, 3.05) is 24.5 Å². The molecule has 1 unspecified atom stereocenters. The lowest BCUT2D eigenvalue weighted by molar-refractivity contribution is -0.146. The van der Waals surface area contributed by atoms with E-state index in [4.69, 9.17) is 11.6 Å². The Hall–Kier alpha value is -1.59. The number of nitrogens with zero attached hydrogens (tertiary/aromatic N) is 2. The molecule has 0 bridgehead atoms. The van der Waals surface area contributed by atoms with E-state index in [0.29, 0.717) is 36.6 Å². The van der Waals surface area contributed by atoms with Crippen LogP contribution in [0.25, 0.3) is 0 Å². The van der Waals surface area contributed by atoms with E-state index in [0.717, 1.165) is 5.56 Å². The average molecular weight is 337 g/mol. The van der Waals surface area contributed by atoms with E-state index in [2.05, 4.69) is 0 Å². The van der Waals surface area contributed by atoms with Crippen molar-refractivity contribution >= 4 is 29.1 Å². The molecule has 0 aliphatic carbocycles. The van der Waals surface area contributed by atoms with Crippen LogP contribution >= 0.6 is 11.6 Å². The average Bonchev–Trinajstić information content (AvgIpc) is 2.78. The SMILES string of the molecule is CC1(C)CN(C(=O)C(=O)N2CCCC(O)C2)c2cccc(Cl)c21. The quantitative estimate of drug-likeness (QED) is 0.737. The monoisotopic (exact) mass is 336 g/mol. The fourth-order valence-electron chi connectivity index (χ4n) is 3.54. The van der Waals surface area contributed by atoms with Crippen molar-refractivity contribution in [3.8, 4) is 0 Å². The van der Waals surface area contributed by atoms with Gasteiger partial charge in [-0.3, -0.25) is 9.59 Å². The minimum Gasteiger partial charge on any atom is -0.391 e. The fourth-order valence-corrected chi connectivity index (χ4v) is 3.96. The summed E-state index contributed by atoms with van der Waals surface area (Å²) in [5.74, 6) is -1.10. The maximum Gasteiger partial charge on any atom is 0.316 e. The van der Waals surface area contributed by atoms with Crippen LogP contribution in [0.2, 0.25) is 5.02 Å². The van der Waals surface area contributed by atoms with E-state index in [1.807, 2.05) is 19.9 Å². The zero-order chi connectivity index (χ0) is 16.8. The molecule has 1 aromatic rings. The summed E-state index contributed by atoms with van der Waals surface area (Å²) in [6, 6.07) is 5.42. The number of hydrogen-bond acceptors (Lipinski definition) is 3. The molecule has 124 valence electrons. The second-order valence-electron chi connectivity index (χ2n) is 6.96. The van der Waals surface area contributed by atoms with E-state index in [-0.39, 0.29) is 12.0 Å². The van der Waals surface area contributed by atoms with Gasteiger partial charge < -0.3 is 14.9 Å². The van der Waals surface area contributed by atoms with Crippen molar-refractivity contribution in [3.63, 3.8) is 0 Å². The molecule has 1 atom stereocenters. The number of fused-ring (bicyclic) bond motifs is 1. The Labute approximate surface area is 140 Å². The lowest BCUT2D eigenvalue weighted by Crippen LogP contribution is -2.50. The van der Waals surface area contributed by atoms with Crippen LogP contribution in [0.3, 0.4) is 0 Å². The highest BCUT2D eigenvalue weighted by atomic mass is 35.5. The number of carbonyl (C=O) groups excluding carboxylic acids is 2. The van der Waals surface area contributed by atoms with Crippen molar-refractivity contribution in [2.45, 2.75) is 38.2 Å². The van der Waals surface area contributed by atoms with Crippen LogP contribution in [0.15, 0.2) is 18.2 Å². The van der Waals surface area contributed by atoms with Crippen LogP contribution in [-0.4, -0.2) is 47.6 Å². The summed E-state index contributed by atoms with van der Waals surface area (Å²) in [6.45, 7) is 5.19. The molecule has 2 aliphatic heterocycles. The number of carbonyl (C=O) groups is 2. The van der Waals surface area contributed by atoms with Gasteiger partial charge in [-0.1, -0.05) is 31.5 Å². The summed E-state index contributed by atoms with van der Waals surface area (Å²) in [6.07, 6.45) is 0.846. The molecule has 0 aromatic heterocycles. The zero-order valence-electron chi connectivity index (χ0n) is 13.4. The summed E-state index contributed by atoms with van der Waals surface area (Å²) in [4.78, 5) is 28.2. The Morgan fingerprint density at radius 2 is 2.04 bits per heavy atom. The summed E-state index contributed by atoms with van der Waals surface area (Å²) in [5.41, 5.74) is 1.31. The number of benzene rings is 1. The van der Waals surface area contributed by atoms with Gasteiger partial charge in [0.25, 0.3) is 0 Å². The third-order valence-electron chi connectivity index (χ3n) is 4.62. The van der Waals surface area contributed by atoms with Crippen LogP contribution in [-0.2, 0) is 15.0 Å². The van der Waals surface area contributed by atoms with E-state index in [9.17, 15) is 14.7 Å². The van der Waals surface area contributed by atoms with Crippen LogP contribution in [0.5, 0.6) is 0 Å². The van der Waals surface area contributed by atoms with Gasteiger partial charge in [0.05, 0.1) is 6.10 Å². The first-order valence-corrected chi connectivity index (χ1v) is 8.27. The number of rotatable bonds is 0. The highest BCUT2D eigenvalue weighted by molar-refractivity contribution is 6.41. The van der Waals surface area contributed by atoms with Gasteiger partial charge in [0.1, 0.15) is 0 Å². The first-order valence-electron chi connectivity index (χ1n) is 7.89. The number of amides is 2. The predicted molar refractivity (Wildman–Crippen MR) is 88.7 cm³/mol. The number of aliphatic hydroxyl groups is 1. The Morgan fingerprint density at radius 1 is 1.30 bits per heavy atom. The van der Waals surface area contributed by atoms with Crippen LogP contribution < -0.4 is 4.90 Å². The smallest absolute Gasteiger partial charge is 0.316 e. The third kappa shape index (κ3) is 2.83. The van der Waals surface area contributed by atoms with Crippen LogP contribution in [0, 0.1) is 0 Å². The van der Waals surface area contributed by atoms with Gasteiger partial charge in [-0.2, -0.15) is 0 Å². The standard InChI is InChI=1S/C17H21ClN2O3/c1-17(2)10-20(13-7-3-6-12(18)14(13)17)16(23)15(22)19-8-4-5-11(21)9-19/h3,6-7,11,21H,4-5,8-10H2,1-2H3. The number of aliphatic hydroxyl groups excluding tert-OH is 1. The molecule has 1 aromatic carbocycles. The number of β-amino-alcohol motifs (C(OH)–C–C–N with tert-alkyl or cyclic N) is 1. The summed E-state index contributed by atoms with van der Waals surface area (Å²) >= 11 is 6.31. The Kier molecular flexibility index (Phi) is 4.10. The maximum absolute atomic E-state index is 12.7.